The second kappa shape index (κ2) is 11.0. The molecule has 160 valence electrons. The van der Waals surface area contributed by atoms with Gasteiger partial charge in [0.2, 0.25) is 0 Å². The maximum atomic E-state index is 12.6. The highest BCUT2D eigenvalue weighted by Gasteiger charge is 2.20. The van der Waals surface area contributed by atoms with E-state index >= 15 is 0 Å². The molecule has 1 amide bonds. The van der Waals surface area contributed by atoms with Crippen molar-refractivity contribution >= 4 is 17.8 Å². The van der Waals surface area contributed by atoms with E-state index in [1.165, 1.54) is 18.2 Å². The second-order valence-corrected chi connectivity index (χ2v) is 6.59. The van der Waals surface area contributed by atoms with Gasteiger partial charge in [-0.1, -0.05) is 30.3 Å². The second-order valence-electron chi connectivity index (χ2n) is 6.59. The lowest BCUT2D eigenvalue weighted by molar-refractivity contribution is -0.127. The van der Waals surface area contributed by atoms with Crippen LogP contribution in [0.4, 0.5) is 0 Å². The van der Waals surface area contributed by atoms with Crippen molar-refractivity contribution in [2.24, 2.45) is 0 Å². The van der Waals surface area contributed by atoms with Crippen molar-refractivity contribution < 1.29 is 28.6 Å². The zero-order chi connectivity index (χ0) is 22.1. The minimum atomic E-state index is -0.858. The van der Waals surface area contributed by atoms with Crippen molar-refractivity contribution in [3.63, 3.8) is 0 Å². The van der Waals surface area contributed by atoms with Crippen molar-refractivity contribution in [3.05, 3.63) is 65.2 Å². The summed E-state index contributed by atoms with van der Waals surface area (Å²) in [4.78, 5) is 36.8. The number of rotatable bonds is 9. The first-order valence-electron chi connectivity index (χ1n) is 9.87. The molecule has 7 nitrogen and oxygen atoms in total. The van der Waals surface area contributed by atoms with Gasteiger partial charge in [0.15, 0.2) is 6.10 Å². The van der Waals surface area contributed by atoms with Crippen molar-refractivity contribution in [1.29, 1.82) is 0 Å². The molecule has 7 heteroatoms. The van der Waals surface area contributed by atoms with Gasteiger partial charge in [0.1, 0.15) is 5.75 Å². The predicted octanol–water partition coefficient (Wildman–Crippen LogP) is 3.68. The van der Waals surface area contributed by atoms with E-state index in [4.69, 9.17) is 14.2 Å². The van der Waals surface area contributed by atoms with E-state index in [0.717, 1.165) is 5.56 Å². The van der Waals surface area contributed by atoms with Gasteiger partial charge in [-0.2, -0.15) is 0 Å². The van der Waals surface area contributed by atoms with E-state index in [2.05, 4.69) is 5.32 Å². The maximum Gasteiger partial charge on any atom is 0.338 e. The maximum absolute atomic E-state index is 12.6. The van der Waals surface area contributed by atoms with Crippen molar-refractivity contribution in [3.8, 4) is 5.75 Å². The molecule has 0 saturated heterocycles. The average Bonchev–Trinajstić information content (AvgIpc) is 2.74. The van der Waals surface area contributed by atoms with Crippen molar-refractivity contribution in [1.82, 2.24) is 5.32 Å². The van der Waals surface area contributed by atoms with Gasteiger partial charge in [-0.3, -0.25) is 4.79 Å². The van der Waals surface area contributed by atoms with E-state index in [9.17, 15) is 14.4 Å². The summed E-state index contributed by atoms with van der Waals surface area (Å²) in [5.41, 5.74) is 1.25. The van der Waals surface area contributed by atoms with E-state index < -0.39 is 18.0 Å². The van der Waals surface area contributed by atoms with Crippen LogP contribution in [0.25, 0.3) is 0 Å². The molecule has 0 bridgehead atoms. The van der Waals surface area contributed by atoms with E-state index in [1.807, 2.05) is 37.3 Å². The number of carbonyl (C=O) groups is 3. The fourth-order valence-corrected chi connectivity index (χ4v) is 2.75. The van der Waals surface area contributed by atoms with Gasteiger partial charge in [-0.25, -0.2) is 9.59 Å². The largest absolute Gasteiger partial charge is 0.481 e. The lowest BCUT2D eigenvalue weighted by Crippen LogP contribution is -2.37. The molecule has 0 aliphatic heterocycles. The van der Waals surface area contributed by atoms with Gasteiger partial charge in [0.05, 0.1) is 30.4 Å². The number of esters is 2. The molecular weight excluding hydrogens is 386 g/mol. The monoisotopic (exact) mass is 413 g/mol. The van der Waals surface area contributed by atoms with Gasteiger partial charge in [0, 0.05) is 0 Å². The summed E-state index contributed by atoms with van der Waals surface area (Å²) in [6, 6.07) is 13.6. The summed E-state index contributed by atoms with van der Waals surface area (Å²) in [7, 11) is 0. The Morgan fingerprint density at radius 3 is 1.90 bits per heavy atom. The molecule has 2 rings (SSSR count). The Morgan fingerprint density at radius 1 is 0.867 bits per heavy atom. The first kappa shape index (κ1) is 22.9. The summed E-state index contributed by atoms with van der Waals surface area (Å²) in [5, 5.41) is 2.88. The minimum Gasteiger partial charge on any atom is -0.481 e. The van der Waals surface area contributed by atoms with Crippen LogP contribution >= 0.6 is 0 Å². The molecule has 0 aliphatic carbocycles. The molecule has 0 aliphatic rings. The standard InChI is InChI=1S/C23H27NO6/c1-5-28-22(26)18-12-19(23(27)29-6-2)14-20(13-18)30-16(4)21(25)24-15(3)17-10-8-7-9-11-17/h7-16H,5-6H2,1-4H3,(H,24,25)/t15-,16+/m1/s1. The van der Waals surface area contributed by atoms with Crippen LogP contribution in [0.15, 0.2) is 48.5 Å². The van der Waals surface area contributed by atoms with E-state index in [1.54, 1.807) is 20.8 Å². The molecule has 0 unspecified atom stereocenters. The number of amides is 1. The summed E-state index contributed by atoms with van der Waals surface area (Å²) in [6.07, 6.45) is -0.858. The fourth-order valence-electron chi connectivity index (χ4n) is 2.75. The molecular formula is C23H27NO6. The number of benzene rings is 2. The number of carbonyl (C=O) groups excluding carboxylic acids is 3. The molecule has 0 spiro atoms. The smallest absolute Gasteiger partial charge is 0.338 e. The number of hydrogen-bond acceptors (Lipinski definition) is 6. The molecule has 1 N–H and O–H groups in total. The van der Waals surface area contributed by atoms with Gasteiger partial charge in [-0.15, -0.1) is 0 Å². The van der Waals surface area contributed by atoms with Gasteiger partial charge in [-0.05, 0) is 51.5 Å². The Labute approximate surface area is 176 Å². The molecule has 0 saturated carbocycles. The Hall–Kier alpha value is -3.35. The van der Waals surface area contributed by atoms with Crippen LogP contribution < -0.4 is 10.1 Å². The average molecular weight is 413 g/mol. The Bertz CT molecular complexity index is 844. The lowest BCUT2D eigenvalue weighted by Gasteiger charge is -2.19. The normalized spacial score (nSPS) is 12.4. The fraction of sp³-hybridized carbons (Fsp3) is 0.348. The highest BCUT2D eigenvalue weighted by Crippen LogP contribution is 2.21. The Kier molecular flexibility index (Phi) is 8.41. The van der Waals surface area contributed by atoms with E-state index in [-0.39, 0.29) is 42.0 Å². The molecule has 0 fully saturated rings. The third kappa shape index (κ3) is 6.34. The molecule has 0 heterocycles. The molecule has 30 heavy (non-hydrogen) atoms. The van der Waals surface area contributed by atoms with Crippen molar-refractivity contribution in [2.45, 2.75) is 39.8 Å². The SMILES string of the molecule is CCOC(=O)c1cc(O[C@@H](C)C(=O)N[C@H](C)c2ccccc2)cc(C(=O)OCC)c1. The van der Waals surface area contributed by atoms with Crippen LogP contribution in [-0.2, 0) is 14.3 Å². The Balaban J connectivity index is 2.17. The highest BCUT2D eigenvalue weighted by atomic mass is 16.5. The Morgan fingerprint density at radius 2 is 1.40 bits per heavy atom. The van der Waals surface area contributed by atoms with Gasteiger partial charge >= 0.3 is 11.9 Å². The van der Waals surface area contributed by atoms with Crippen LogP contribution in [0, 0.1) is 0 Å². The highest BCUT2D eigenvalue weighted by molar-refractivity contribution is 5.96. The summed E-state index contributed by atoms with van der Waals surface area (Å²) >= 11 is 0. The first-order valence-corrected chi connectivity index (χ1v) is 9.87. The van der Waals surface area contributed by atoms with Crippen LogP contribution in [-0.4, -0.2) is 37.2 Å². The third-order valence-corrected chi connectivity index (χ3v) is 4.27. The number of nitrogens with one attached hydrogen (secondary N) is 1. The minimum absolute atomic E-state index is 0.141. The van der Waals surface area contributed by atoms with Gasteiger partial charge < -0.3 is 19.5 Å². The summed E-state index contributed by atoms with van der Waals surface area (Å²) < 4.78 is 15.7. The zero-order valence-corrected chi connectivity index (χ0v) is 17.6. The molecule has 0 aromatic heterocycles. The molecule has 0 radical (unpaired) electrons. The van der Waals surface area contributed by atoms with Crippen molar-refractivity contribution in [2.75, 3.05) is 13.2 Å². The quantitative estimate of drug-likeness (QED) is 0.631. The van der Waals surface area contributed by atoms with Crippen LogP contribution in [0.2, 0.25) is 0 Å². The summed E-state index contributed by atoms with van der Waals surface area (Å²) in [5.74, 6) is -1.32. The van der Waals surface area contributed by atoms with E-state index in [0.29, 0.717) is 0 Å². The first-order chi connectivity index (χ1) is 14.3. The topological polar surface area (TPSA) is 90.9 Å². The number of ether oxygens (including phenoxy) is 3. The lowest BCUT2D eigenvalue weighted by atomic mass is 10.1. The van der Waals surface area contributed by atoms with Gasteiger partial charge in [0.25, 0.3) is 5.91 Å². The van der Waals surface area contributed by atoms with Crippen LogP contribution in [0.1, 0.15) is 60.0 Å². The molecule has 2 aromatic carbocycles. The number of hydrogen-bond donors (Lipinski definition) is 1. The molecule has 2 aromatic rings. The third-order valence-electron chi connectivity index (χ3n) is 4.27. The predicted molar refractivity (Wildman–Crippen MR) is 111 cm³/mol. The van der Waals surface area contributed by atoms with Crippen LogP contribution in [0.5, 0.6) is 5.75 Å². The zero-order valence-electron chi connectivity index (χ0n) is 17.6. The van der Waals surface area contributed by atoms with Crippen LogP contribution in [0.3, 0.4) is 0 Å². The summed E-state index contributed by atoms with van der Waals surface area (Å²) in [6.45, 7) is 7.22. The molecule has 2 atom stereocenters.